The molecule has 0 aromatic heterocycles. The van der Waals surface area contributed by atoms with Crippen LogP contribution in [0, 0.1) is 5.82 Å². The molecule has 0 saturated carbocycles. The van der Waals surface area contributed by atoms with Crippen LogP contribution in [0.4, 0.5) is 9.18 Å². The Kier molecular flexibility index (Phi) is 12.5. The number of carboxylic acids is 1. The van der Waals surface area contributed by atoms with E-state index in [0.29, 0.717) is 50.6 Å². The Morgan fingerprint density at radius 3 is 2.14 bits per heavy atom. The van der Waals surface area contributed by atoms with Gasteiger partial charge in [-0.2, -0.15) is 0 Å². The van der Waals surface area contributed by atoms with Gasteiger partial charge in [-0.15, -0.1) is 0 Å². The first kappa shape index (κ1) is 28.9. The second kappa shape index (κ2) is 15.6. The van der Waals surface area contributed by atoms with Crippen LogP contribution in [-0.2, 0) is 20.7 Å². The molecule has 0 aliphatic heterocycles. The lowest BCUT2D eigenvalue weighted by atomic mass is 10.1. The number of carbonyl (C=O) groups excluding carboxylic acids is 1. The highest BCUT2D eigenvalue weighted by atomic mass is 19.1. The number of nitrogens with zero attached hydrogens (tertiary/aromatic N) is 1. The van der Waals surface area contributed by atoms with Crippen LogP contribution in [0.2, 0.25) is 0 Å². The highest BCUT2D eigenvalue weighted by Crippen LogP contribution is 2.15. The van der Waals surface area contributed by atoms with Gasteiger partial charge in [0.1, 0.15) is 30.0 Å². The van der Waals surface area contributed by atoms with E-state index in [1.165, 1.54) is 12.1 Å². The molecule has 1 N–H and O–H groups in total. The van der Waals surface area contributed by atoms with Gasteiger partial charge in [-0.25, -0.2) is 14.0 Å². The minimum atomic E-state index is -0.996. The quantitative estimate of drug-likeness (QED) is 0.323. The summed E-state index contributed by atoms with van der Waals surface area (Å²) in [6.45, 7) is 7.21. The summed E-state index contributed by atoms with van der Waals surface area (Å²) in [4.78, 5) is 25.5. The van der Waals surface area contributed by atoms with Crippen LogP contribution in [0.5, 0.6) is 11.5 Å². The SMILES string of the molecule is CCOC(Cc1ccc(OCCN(CCCOc2ccc(F)cc2)C(=O)OC(C)CC)cc1)C(=O)O. The predicted molar refractivity (Wildman–Crippen MR) is 133 cm³/mol. The van der Waals surface area contributed by atoms with Crippen molar-refractivity contribution in [1.29, 1.82) is 0 Å². The molecule has 0 bridgehead atoms. The minimum Gasteiger partial charge on any atom is -0.494 e. The van der Waals surface area contributed by atoms with Crippen molar-refractivity contribution in [1.82, 2.24) is 4.90 Å². The average Bonchev–Trinajstić information content (AvgIpc) is 2.86. The Hall–Kier alpha value is -3.33. The summed E-state index contributed by atoms with van der Waals surface area (Å²) >= 11 is 0. The van der Waals surface area contributed by atoms with Crippen LogP contribution in [0.25, 0.3) is 0 Å². The van der Waals surface area contributed by atoms with Crippen LogP contribution in [-0.4, -0.2) is 67.2 Å². The number of carbonyl (C=O) groups is 2. The Morgan fingerprint density at radius 1 is 0.944 bits per heavy atom. The molecule has 0 spiro atoms. The highest BCUT2D eigenvalue weighted by molar-refractivity contribution is 5.72. The van der Waals surface area contributed by atoms with Crippen LogP contribution < -0.4 is 9.47 Å². The summed E-state index contributed by atoms with van der Waals surface area (Å²) in [5, 5.41) is 9.24. The molecule has 1 amide bonds. The lowest BCUT2D eigenvalue weighted by molar-refractivity contribution is -0.149. The molecule has 0 saturated heterocycles. The van der Waals surface area contributed by atoms with E-state index in [0.717, 1.165) is 5.56 Å². The van der Waals surface area contributed by atoms with Crippen LogP contribution in [0.3, 0.4) is 0 Å². The number of benzene rings is 2. The summed E-state index contributed by atoms with van der Waals surface area (Å²) in [5.41, 5.74) is 0.822. The summed E-state index contributed by atoms with van der Waals surface area (Å²) < 4.78 is 35.2. The molecule has 0 aliphatic rings. The third kappa shape index (κ3) is 10.5. The molecule has 198 valence electrons. The van der Waals surface area contributed by atoms with E-state index >= 15 is 0 Å². The fourth-order valence-electron chi connectivity index (χ4n) is 3.23. The maximum atomic E-state index is 13.0. The molecular formula is C27H36FNO7. The minimum absolute atomic E-state index is 0.199. The van der Waals surface area contributed by atoms with Gasteiger partial charge in [0.2, 0.25) is 0 Å². The number of ether oxygens (including phenoxy) is 4. The highest BCUT2D eigenvalue weighted by Gasteiger charge is 2.19. The fraction of sp³-hybridized carbons (Fsp3) is 0.481. The van der Waals surface area contributed by atoms with E-state index in [-0.39, 0.29) is 24.9 Å². The van der Waals surface area contributed by atoms with Crippen LogP contribution in [0.1, 0.15) is 39.2 Å². The van der Waals surface area contributed by atoms with Crippen molar-refractivity contribution in [3.8, 4) is 11.5 Å². The van der Waals surface area contributed by atoms with Gasteiger partial charge in [-0.1, -0.05) is 19.1 Å². The van der Waals surface area contributed by atoms with E-state index in [9.17, 15) is 19.1 Å². The number of rotatable bonds is 16. The van der Waals surface area contributed by atoms with E-state index in [1.54, 1.807) is 48.2 Å². The van der Waals surface area contributed by atoms with Gasteiger partial charge in [0.15, 0.2) is 6.10 Å². The second-order valence-electron chi connectivity index (χ2n) is 8.22. The molecule has 0 radical (unpaired) electrons. The van der Waals surface area contributed by atoms with E-state index in [1.807, 2.05) is 13.8 Å². The second-order valence-corrected chi connectivity index (χ2v) is 8.22. The van der Waals surface area contributed by atoms with Crippen LogP contribution >= 0.6 is 0 Å². The zero-order valence-electron chi connectivity index (χ0n) is 21.2. The van der Waals surface area contributed by atoms with Crippen molar-refractivity contribution < 1.29 is 38.0 Å². The van der Waals surface area contributed by atoms with Gasteiger partial charge in [-0.3, -0.25) is 0 Å². The van der Waals surface area contributed by atoms with Gasteiger partial charge < -0.3 is 29.0 Å². The Morgan fingerprint density at radius 2 is 1.56 bits per heavy atom. The Labute approximate surface area is 211 Å². The molecule has 2 aromatic carbocycles. The largest absolute Gasteiger partial charge is 0.494 e. The van der Waals surface area contributed by atoms with E-state index < -0.39 is 18.2 Å². The zero-order chi connectivity index (χ0) is 26.3. The molecule has 2 rings (SSSR count). The standard InChI is InChI=1S/C27H36FNO7/c1-4-20(3)36-27(32)29(15-6-17-34-24-13-9-22(28)10-14-24)16-18-35-23-11-7-21(8-12-23)19-25(26(30)31)33-5-2/h7-14,20,25H,4-6,15-19H2,1-3H3,(H,30,31). The molecule has 2 aromatic rings. The first-order valence-corrected chi connectivity index (χ1v) is 12.2. The Balaban J connectivity index is 1.85. The summed E-state index contributed by atoms with van der Waals surface area (Å²) in [6.07, 6.45) is 0.0300. The maximum absolute atomic E-state index is 13.0. The number of hydrogen-bond acceptors (Lipinski definition) is 6. The van der Waals surface area contributed by atoms with E-state index in [2.05, 4.69) is 0 Å². The number of halogens is 1. The summed E-state index contributed by atoms with van der Waals surface area (Å²) in [7, 11) is 0. The summed E-state index contributed by atoms with van der Waals surface area (Å²) in [5.74, 6) is -0.153. The molecule has 2 unspecified atom stereocenters. The molecule has 9 heteroatoms. The smallest absolute Gasteiger partial charge is 0.410 e. The van der Waals surface area contributed by atoms with Gasteiger partial charge in [0.05, 0.1) is 13.2 Å². The lowest BCUT2D eigenvalue weighted by Crippen LogP contribution is -2.38. The predicted octanol–water partition coefficient (Wildman–Crippen LogP) is 4.94. The van der Waals surface area contributed by atoms with E-state index in [4.69, 9.17) is 18.9 Å². The number of carboxylic acid groups (broad SMARTS) is 1. The normalized spacial score (nSPS) is 12.4. The van der Waals surface area contributed by atoms with Crippen molar-refractivity contribution in [3.05, 3.63) is 59.9 Å². The van der Waals surface area contributed by atoms with Crippen molar-refractivity contribution in [2.75, 3.05) is 32.9 Å². The van der Waals surface area contributed by atoms with Crippen molar-refractivity contribution in [2.24, 2.45) is 0 Å². The first-order chi connectivity index (χ1) is 17.3. The molecule has 0 heterocycles. The average molecular weight is 506 g/mol. The van der Waals surface area contributed by atoms with Gasteiger partial charge >= 0.3 is 12.1 Å². The molecule has 36 heavy (non-hydrogen) atoms. The summed E-state index contributed by atoms with van der Waals surface area (Å²) in [6, 6.07) is 12.9. The van der Waals surface area contributed by atoms with Gasteiger partial charge in [0.25, 0.3) is 0 Å². The first-order valence-electron chi connectivity index (χ1n) is 12.2. The third-order valence-corrected chi connectivity index (χ3v) is 5.41. The Bertz CT molecular complexity index is 921. The molecular weight excluding hydrogens is 469 g/mol. The number of amides is 1. The van der Waals surface area contributed by atoms with Crippen LogP contribution in [0.15, 0.2) is 48.5 Å². The van der Waals surface area contributed by atoms with Crippen molar-refractivity contribution in [3.63, 3.8) is 0 Å². The fourth-order valence-corrected chi connectivity index (χ4v) is 3.23. The maximum Gasteiger partial charge on any atom is 0.410 e. The molecule has 0 fully saturated rings. The monoisotopic (exact) mass is 505 g/mol. The number of hydrogen-bond donors (Lipinski definition) is 1. The molecule has 0 aliphatic carbocycles. The van der Waals surface area contributed by atoms with Crippen molar-refractivity contribution >= 4 is 12.1 Å². The van der Waals surface area contributed by atoms with Gasteiger partial charge in [-0.05, 0) is 68.7 Å². The third-order valence-electron chi connectivity index (χ3n) is 5.41. The molecule has 2 atom stereocenters. The topological polar surface area (TPSA) is 94.5 Å². The van der Waals surface area contributed by atoms with Crippen molar-refractivity contribution in [2.45, 2.75) is 52.2 Å². The molecule has 8 nitrogen and oxygen atoms in total. The zero-order valence-corrected chi connectivity index (χ0v) is 21.2. The van der Waals surface area contributed by atoms with Gasteiger partial charge in [0, 0.05) is 19.6 Å². The lowest BCUT2D eigenvalue weighted by Gasteiger charge is -2.24. The number of aliphatic carboxylic acids is 1.